The van der Waals surface area contributed by atoms with Gasteiger partial charge in [0.2, 0.25) is 0 Å². The molecular weight excluding hydrogens is 453 g/mol. The maximum Gasteiger partial charge on any atom is 0.417 e. The van der Waals surface area contributed by atoms with E-state index in [2.05, 4.69) is 39.1 Å². The van der Waals surface area contributed by atoms with Crippen LogP contribution in [0.2, 0.25) is 0 Å². The zero-order chi connectivity index (χ0) is 24.4. The Kier molecular flexibility index (Phi) is 6.30. The third-order valence-corrected chi connectivity index (χ3v) is 6.44. The fourth-order valence-corrected chi connectivity index (χ4v) is 4.49. The predicted molar refractivity (Wildman–Crippen MR) is 129 cm³/mol. The fourth-order valence-electron chi connectivity index (χ4n) is 4.49. The van der Waals surface area contributed by atoms with Crippen molar-refractivity contribution in [2.45, 2.75) is 12.7 Å². The van der Waals surface area contributed by atoms with E-state index in [0.29, 0.717) is 44.0 Å². The Bertz CT molecular complexity index is 1210. The van der Waals surface area contributed by atoms with Crippen LogP contribution in [-0.4, -0.2) is 53.4 Å². The second kappa shape index (κ2) is 9.54. The summed E-state index contributed by atoms with van der Waals surface area (Å²) in [6.07, 6.45) is 0.737. The van der Waals surface area contributed by atoms with Gasteiger partial charge in [0.25, 0.3) is 5.91 Å². The average Bonchev–Trinajstić information content (AvgIpc) is 2.88. The number of fused-ring (bicyclic) bond motifs is 1. The summed E-state index contributed by atoms with van der Waals surface area (Å²) in [5.74, 6) is -0.0113. The number of hydrogen-bond acceptors (Lipinski definition) is 4. The first-order valence-corrected chi connectivity index (χ1v) is 11.6. The molecule has 0 N–H and O–H groups in total. The van der Waals surface area contributed by atoms with Gasteiger partial charge in [-0.2, -0.15) is 13.2 Å². The summed E-state index contributed by atoms with van der Waals surface area (Å²) in [6.45, 7) is 3.64. The number of nitrogens with zero attached hydrogens (tertiary/aromatic N) is 4. The van der Waals surface area contributed by atoms with Crippen LogP contribution in [0.15, 0.2) is 72.9 Å². The van der Waals surface area contributed by atoms with Crippen molar-refractivity contribution in [1.82, 2.24) is 14.8 Å². The maximum atomic E-state index is 13.0. The minimum atomic E-state index is -4.38. The number of pyridine rings is 1. The monoisotopic (exact) mass is 478 g/mol. The van der Waals surface area contributed by atoms with Crippen LogP contribution in [0.5, 0.6) is 0 Å². The van der Waals surface area contributed by atoms with E-state index in [-0.39, 0.29) is 5.91 Å². The Hall–Kier alpha value is -3.65. The van der Waals surface area contributed by atoms with Crippen molar-refractivity contribution in [3.63, 3.8) is 0 Å². The molecular formula is C27H25F3N4O. The maximum absolute atomic E-state index is 13.0. The van der Waals surface area contributed by atoms with Crippen LogP contribution in [0.1, 0.15) is 27.2 Å². The number of halogens is 3. The molecule has 1 amide bonds. The number of amides is 1. The Labute approximate surface area is 202 Å². The summed E-state index contributed by atoms with van der Waals surface area (Å²) in [4.78, 5) is 23.1. The van der Waals surface area contributed by atoms with E-state index in [9.17, 15) is 18.0 Å². The van der Waals surface area contributed by atoms with Gasteiger partial charge in [-0.25, -0.2) is 0 Å². The van der Waals surface area contributed by atoms with E-state index in [4.69, 9.17) is 0 Å². The second-order valence-corrected chi connectivity index (χ2v) is 8.72. The van der Waals surface area contributed by atoms with Crippen LogP contribution in [-0.2, 0) is 12.7 Å². The lowest BCUT2D eigenvalue weighted by Crippen LogP contribution is -2.48. The van der Waals surface area contributed by atoms with Crippen LogP contribution in [0.25, 0.3) is 6.08 Å². The zero-order valence-electron chi connectivity index (χ0n) is 19.1. The van der Waals surface area contributed by atoms with Gasteiger partial charge in [0, 0.05) is 62.4 Å². The summed E-state index contributed by atoms with van der Waals surface area (Å²) in [5, 5.41) is 0. The molecule has 1 fully saturated rings. The van der Waals surface area contributed by atoms with E-state index < -0.39 is 11.7 Å². The van der Waals surface area contributed by atoms with Gasteiger partial charge in [0.15, 0.2) is 0 Å². The number of alkyl halides is 3. The molecule has 0 atom stereocenters. The largest absolute Gasteiger partial charge is 0.417 e. The molecule has 0 saturated carbocycles. The molecule has 3 heterocycles. The molecule has 5 rings (SSSR count). The van der Waals surface area contributed by atoms with Gasteiger partial charge in [0.05, 0.1) is 11.3 Å². The minimum Gasteiger partial charge on any atom is -0.337 e. The van der Waals surface area contributed by atoms with Crippen molar-refractivity contribution in [1.29, 1.82) is 0 Å². The van der Waals surface area contributed by atoms with Crippen LogP contribution >= 0.6 is 0 Å². The lowest BCUT2D eigenvalue weighted by atomic mass is 10.1. The van der Waals surface area contributed by atoms with Crippen LogP contribution in [0.3, 0.4) is 0 Å². The molecule has 0 aliphatic carbocycles. The quantitative estimate of drug-likeness (QED) is 0.515. The lowest BCUT2D eigenvalue weighted by Gasteiger charge is -2.34. The number of benzene rings is 2. The summed E-state index contributed by atoms with van der Waals surface area (Å²) in [7, 11) is 0. The van der Waals surface area contributed by atoms with Crippen molar-refractivity contribution in [2.24, 2.45) is 0 Å². The van der Waals surface area contributed by atoms with Crippen molar-refractivity contribution < 1.29 is 18.0 Å². The molecule has 0 bridgehead atoms. The first-order valence-electron chi connectivity index (χ1n) is 11.6. The number of carbonyl (C=O) groups excluding carboxylic acids is 1. The molecule has 0 radical (unpaired) electrons. The molecule has 8 heteroatoms. The van der Waals surface area contributed by atoms with Gasteiger partial charge in [-0.05, 0) is 48.0 Å². The van der Waals surface area contributed by atoms with Crippen molar-refractivity contribution in [2.75, 3.05) is 37.6 Å². The summed E-state index contributed by atoms with van der Waals surface area (Å²) in [5.41, 5.74) is 3.83. The van der Waals surface area contributed by atoms with E-state index in [1.54, 1.807) is 0 Å². The van der Waals surface area contributed by atoms with E-state index in [0.717, 1.165) is 30.2 Å². The van der Waals surface area contributed by atoms with Gasteiger partial charge in [0.1, 0.15) is 0 Å². The van der Waals surface area contributed by atoms with Crippen LogP contribution in [0.4, 0.5) is 24.5 Å². The van der Waals surface area contributed by atoms with E-state index in [1.807, 2.05) is 41.3 Å². The summed E-state index contributed by atoms with van der Waals surface area (Å²) in [6, 6.07) is 18.4. The standard InChI is InChI=1S/C27H25F3N4O/c28-27(29,30)22-9-10-23(31-18-22)19-32-14-16-33(17-15-32)26(35)21-7-11-24(12-8-21)34-13-3-5-20-4-1-2-6-25(20)34/h1-12,18H,13-17,19H2. The third-order valence-electron chi connectivity index (χ3n) is 6.44. The zero-order valence-corrected chi connectivity index (χ0v) is 19.1. The highest BCUT2D eigenvalue weighted by molar-refractivity contribution is 5.95. The first-order chi connectivity index (χ1) is 16.9. The topological polar surface area (TPSA) is 39.7 Å². The number of carbonyl (C=O) groups is 1. The van der Waals surface area contributed by atoms with Gasteiger partial charge in [-0.1, -0.05) is 30.4 Å². The molecule has 2 aliphatic rings. The number of piperazine rings is 1. The normalized spacial score (nSPS) is 16.3. The predicted octanol–water partition coefficient (Wildman–Crippen LogP) is 5.22. The Morgan fingerprint density at radius 3 is 2.34 bits per heavy atom. The highest BCUT2D eigenvalue weighted by Crippen LogP contribution is 2.32. The Morgan fingerprint density at radius 1 is 0.914 bits per heavy atom. The SMILES string of the molecule is O=C(c1ccc(N2CC=Cc3ccccc32)cc1)N1CCN(Cc2ccc(C(F)(F)F)cn2)CC1. The molecule has 2 aromatic carbocycles. The van der Waals surface area contributed by atoms with Crippen molar-refractivity contribution >= 4 is 23.4 Å². The molecule has 3 aromatic rings. The molecule has 1 aromatic heterocycles. The van der Waals surface area contributed by atoms with E-state index >= 15 is 0 Å². The molecule has 1 saturated heterocycles. The summed E-state index contributed by atoms with van der Waals surface area (Å²) >= 11 is 0. The fraction of sp³-hybridized carbons (Fsp3) is 0.259. The third kappa shape index (κ3) is 5.07. The second-order valence-electron chi connectivity index (χ2n) is 8.72. The van der Waals surface area contributed by atoms with Gasteiger partial charge in [-0.15, -0.1) is 0 Å². The molecule has 0 spiro atoms. The molecule has 180 valence electrons. The minimum absolute atomic E-state index is 0.0113. The van der Waals surface area contributed by atoms with Crippen LogP contribution < -0.4 is 4.90 Å². The number of aromatic nitrogens is 1. The average molecular weight is 479 g/mol. The number of para-hydroxylation sites is 1. The van der Waals surface area contributed by atoms with Crippen molar-refractivity contribution in [3.05, 3.63) is 95.3 Å². The molecule has 35 heavy (non-hydrogen) atoms. The molecule has 0 unspecified atom stereocenters. The number of rotatable bonds is 4. The Morgan fingerprint density at radius 2 is 1.66 bits per heavy atom. The first kappa shape index (κ1) is 23.1. The lowest BCUT2D eigenvalue weighted by molar-refractivity contribution is -0.137. The smallest absolute Gasteiger partial charge is 0.337 e. The van der Waals surface area contributed by atoms with Gasteiger partial charge >= 0.3 is 6.18 Å². The highest BCUT2D eigenvalue weighted by atomic mass is 19.4. The highest BCUT2D eigenvalue weighted by Gasteiger charge is 2.31. The molecule has 2 aliphatic heterocycles. The van der Waals surface area contributed by atoms with E-state index in [1.165, 1.54) is 11.6 Å². The Balaban J connectivity index is 1.17. The molecule has 5 nitrogen and oxygen atoms in total. The van der Waals surface area contributed by atoms with Gasteiger partial charge in [-0.3, -0.25) is 14.7 Å². The van der Waals surface area contributed by atoms with Gasteiger partial charge < -0.3 is 9.80 Å². The van der Waals surface area contributed by atoms with Crippen LogP contribution in [0, 0.1) is 0 Å². The number of anilines is 2. The van der Waals surface area contributed by atoms with Crippen molar-refractivity contribution in [3.8, 4) is 0 Å². The summed E-state index contributed by atoms with van der Waals surface area (Å²) < 4.78 is 38.2. The number of hydrogen-bond donors (Lipinski definition) is 0.